The summed E-state index contributed by atoms with van der Waals surface area (Å²) in [4.78, 5) is 21.9. The van der Waals surface area contributed by atoms with Crippen LogP contribution in [-0.4, -0.2) is 35.1 Å². The largest absolute Gasteiger partial charge is 0.437 e. The summed E-state index contributed by atoms with van der Waals surface area (Å²) < 4.78 is 11.4. The van der Waals surface area contributed by atoms with Gasteiger partial charge in [-0.3, -0.25) is 4.79 Å². The van der Waals surface area contributed by atoms with Gasteiger partial charge in [0.25, 0.3) is 11.8 Å². The zero-order chi connectivity index (χ0) is 20.8. The molecule has 0 unspecified atom stereocenters. The Balaban J connectivity index is 1.39. The standard InChI is InChI=1S/C22H20ClN3O3S/c23-16-5-9-19(10-6-16)30-22-21(24-11-12-25-22)29-17-7-3-15(4-8-17)20(27)26-14-18-2-1-13-28-18/h3-12,18H,1-2,13-14H2,(H,26,27)/t18-/m0/s1. The Morgan fingerprint density at radius 3 is 2.63 bits per heavy atom. The molecule has 1 aliphatic heterocycles. The molecule has 6 nitrogen and oxygen atoms in total. The van der Waals surface area contributed by atoms with Crippen LogP contribution in [0.25, 0.3) is 0 Å². The maximum absolute atomic E-state index is 12.3. The van der Waals surface area contributed by atoms with Crippen molar-refractivity contribution in [1.29, 1.82) is 0 Å². The number of aromatic nitrogens is 2. The second kappa shape index (κ2) is 9.93. The highest BCUT2D eigenvalue weighted by Crippen LogP contribution is 2.34. The molecule has 0 saturated carbocycles. The van der Waals surface area contributed by atoms with Gasteiger partial charge < -0.3 is 14.8 Å². The number of halogens is 1. The molecule has 154 valence electrons. The van der Waals surface area contributed by atoms with Gasteiger partial charge in [-0.25, -0.2) is 9.97 Å². The van der Waals surface area contributed by atoms with Gasteiger partial charge in [-0.2, -0.15) is 0 Å². The average molecular weight is 442 g/mol. The fourth-order valence-electron chi connectivity index (χ4n) is 2.97. The van der Waals surface area contributed by atoms with Crippen molar-refractivity contribution in [2.24, 2.45) is 0 Å². The molecule has 0 spiro atoms. The lowest BCUT2D eigenvalue weighted by atomic mass is 10.2. The Kier molecular flexibility index (Phi) is 6.84. The van der Waals surface area contributed by atoms with Crippen molar-refractivity contribution in [3.05, 3.63) is 71.5 Å². The molecule has 1 fully saturated rings. The first-order valence-electron chi connectivity index (χ1n) is 9.59. The third kappa shape index (κ3) is 5.50. The van der Waals surface area contributed by atoms with Crippen LogP contribution in [0.3, 0.4) is 0 Å². The number of carbonyl (C=O) groups excluding carboxylic acids is 1. The summed E-state index contributed by atoms with van der Waals surface area (Å²) in [6, 6.07) is 14.4. The molecule has 0 radical (unpaired) electrons. The van der Waals surface area contributed by atoms with Crippen LogP contribution in [0.5, 0.6) is 11.6 Å². The van der Waals surface area contributed by atoms with Crippen molar-refractivity contribution >= 4 is 29.3 Å². The van der Waals surface area contributed by atoms with Gasteiger partial charge in [-0.15, -0.1) is 0 Å². The van der Waals surface area contributed by atoms with Crippen molar-refractivity contribution in [1.82, 2.24) is 15.3 Å². The van der Waals surface area contributed by atoms with Crippen LogP contribution in [0, 0.1) is 0 Å². The highest BCUT2D eigenvalue weighted by atomic mass is 35.5. The average Bonchev–Trinajstić information content (AvgIpc) is 3.29. The van der Waals surface area contributed by atoms with Crippen LogP contribution >= 0.6 is 23.4 Å². The van der Waals surface area contributed by atoms with Gasteiger partial charge in [0.05, 0.1) is 6.10 Å². The Labute approximate surface area is 184 Å². The van der Waals surface area contributed by atoms with Gasteiger partial charge in [-0.05, 0) is 61.4 Å². The van der Waals surface area contributed by atoms with Crippen LogP contribution < -0.4 is 10.1 Å². The first-order chi connectivity index (χ1) is 14.7. The van der Waals surface area contributed by atoms with Gasteiger partial charge in [0.15, 0.2) is 5.03 Å². The maximum Gasteiger partial charge on any atom is 0.252 e. The van der Waals surface area contributed by atoms with Crippen LogP contribution in [0.2, 0.25) is 5.02 Å². The topological polar surface area (TPSA) is 73.3 Å². The SMILES string of the molecule is O=C(NC[C@@H]1CCCO1)c1ccc(Oc2nccnc2Sc2ccc(Cl)cc2)cc1. The molecule has 0 bridgehead atoms. The third-order valence-corrected chi connectivity index (χ3v) is 5.74. The second-order valence-corrected chi connectivity index (χ2v) is 8.19. The number of amides is 1. The molecule has 30 heavy (non-hydrogen) atoms. The Hall–Kier alpha value is -2.61. The summed E-state index contributed by atoms with van der Waals surface area (Å²) in [5.74, 6) is 0.840. The van der Waals surface area contributed by atoms with Gasteiger partial charge in [0.2, 0.25) is 0 Å². The minimum Gasteiger partial charge on any atom is -0.437 e. The molecule has 3 aromatic rings. The van der Waals surface area contributed by atoms with Crippen molar-refractivity contribution in [3.63, 3.8) is 0 Å². The molecule has 1 atom stereocenters. The van der Waals surface area contributed by atoms with E-state index in [2.05, 4.69) is 15.3 Å². The van der Waals surface area contributed by atoms with Gasteiger partial charge in [0, 0.05) is 41.0 Å². The van der Waals surface area contributed by atoms with E-state index in [4.69, 9.17) is 21.1 Å². The van der Waals surface area contributed by atoms with Crippen LogP contribution in [0.4, 0.5) is 0 Å². The van der Waals surface area contributed by atoms with E-state index in [1.807, 2.05) is 24.3 Å². The minimum atomic E-state index is -0.129. The number of hydrogen-bond donors (Lipinski definition) is 1. The minimum absolute atomic E-state index is 0.116. The fraction of sp³-hybridized carbons (Fsp3) is 0.227. The summed E-state index contributed by atoms with van der Waals surface area (Å²) in [5.41, 5.74) is 0.565. The molecular formula is C22H20ClN3O3S. The molecule has 4 rings (SSSR count). The lowest BCUT2D eigenvalue weighted by Gasteiger charge is -2.11. The lowest BCUT2D eigenvalue weighted by molar-refractivity contribution is 0.0858. The van der Waals surface area contributed by atoms with Crippen LogP contribution in [0.15, 0.2) is 70.8 Å². The van der Waals surface area contributed by atoms with E-state index in [1.165, 1.54) is 11.8 Å². The first kappa shape index (κ1) is 20.7. The molecule has 2 heterocycles. The Bertz CT molecular complexity index is 993. The number of carbonyl (C=O) groups is 1. The lowest BCUT2D eigenvalue weighted by Crippen LogP contribution is -2.31. The summed E-state index contributed by atoms with van der Waals surface area (Å²) in [5, 5.41) is 4.22. The third-order valence-electron chi connectivity index (χ3n) is 4.51. The predicted molar refractivity (Wildman–Crippen MR) is 115 cm³/mol. The normalized spacial score (nSPS) is 15.7. The second-order valence-electron chi connectivity index (χ2n) is 6.69. The molecule has 2 aromatic carbocycles. The highest BCUT2D eigenvalue weighted by Gasteiger charge is 2.17. The van der Waals surface area contributed by atoms with Gasteiger partial charge in [0.1, 0.15) is 5.75 Å². The number of nitrogens with zero attached hydrogens (tertiary/aromatic N) is 2. The van der Waals surface area contributed by atoms with E-state index in [0.29, 0.717) is 33.8 Å². The maximum atomic E-state index is 12.3. The van der Waals surface area contributed by atoms with Crippen molar-refractivity contribution in [3.8, 4) is 11.6 Å². The summed E-state index contributed by atoms with van der Waals surface area (Å²) in [6.07, 6.45) is 5.35. The summed E-state index contributed by atoms with van der Waals surface area (Å²) in [6.45, 7) is 1.30. The van der Waals surface area contributed by atoms with Crippen LogP contribution in [0.1, 0.15) is 23.2 Å². The van der Waals surface area contributed by atoms with E-state index in [9.17, 15) is 4.79 Å². The number of nitrogens with one attached hydrogen (secondary N) is 1. The Morgan fingerprint density at radius 2 is 1.90 bits per heavy atom. The Morgan fingerprint density at radius 1 is 1.13 bits per heavy atom. The molecule has 1 amide bonds. The molecule has 0 aliphatic carbocycles. The smallest absolute Gasteiger partial charge is 0.252 e. The molecule has 8 heteroatoms. The quantitative estimate of drug-likeness (QED) is 0.557. The van der Waals surface area contributed by atoms with E-state index in [-0.39, 0.29) is 12.0 Å². The number of benzene rings is 2. The number of hydrogen-bond acceptors (Lipinski definition) is 6. The van der Waals surface area contributed by atoms with Gasteiger partial charge >= 0.3 is 0 Å². The zero-order valence-electron chi connectivity index (χ0n) is 16.1. The highest BCUT2D eigenvalue weighted by molar-refractivity contribution is 7.99. The summed E-state index contributed by atoms with van der Waals surface area (Å²) in [7, 11) is 0. The monoisotopic (exact) mass is 441 g/mol. The fourth-order valence-corrected chi connectivity index (χ4v) is 3.88. The van der Waals surface area contributed by atoms with E-state index < -0.39 is 0 Å². The van der Waals surface area contributed by atoms with E-state index >= 15 is 0 Å². The van der Waals surface area contributed by atoms with E-state index in [1.54, 1.807) is 36.7 Å². The van der Waals surface area contributed by atoms with Crippen molar-refractivity contribution in [2.75, 3.05) is 13.2 Å². The number of ether oxygens (including phenoxy) is 2. The summed E-state index contributed by atoms with van der Waals surface area (Å²) >= 11 is 7.38. The molecule has 1 saturated heterocycles. The van der Waals surface area contributed by atoms with Gasteiger partial charge in [-0.1, -0.05) is 23.4 Å². The zero-order valence-corrected chi connectivity index (χ0v) is 17.7. The molecule has 1 aliphatic rings. The van der Waals surface area contributed by atoms with Crippen molar-refractivity contribution < 1.29 is 14.3 Å². The number of rotatable bonds is 7. The molecule has 1 N–H and O–H groups in total. The predicted octanol–water partition coefficient (Wildman–Crippen LogP) is 4.98. The van der Waals surface area contributed by atoms with Crippen LogP contribution in [-0.2, 0) is 4.74 Å². The van der Waals surface area contributed by atoms with E-state index in [0.717, 1.165) is 24.3 Å². The first-order valence-corrected chi connectivity index (χ1v) is 10.8. The molecular weight excluding hydrogens is 422 g/mol. The van der Waals surface area contributed by atoms with Crippen molar-refractivity contribution in [2.45, 2.75) is 28.9 Å². The molecule has 1 aromatic heterocycles.